The summed E-state index contributed by atoms with van der Waals surface area (Å²) in [6.07, 6.45) is -4.07. The third kappa shape index (κ3) is 28.9. The molecule has 0 aromatic heterocycles. The van der Waals surface area contributed by atoms with Crippen LogP contribution in [0.15, 0.2) is 0 Å². The molecule has 0 rings (SSSR count). The molecule has 0 aliphatic rings. The van der Waals surface area contributed by atoms with Crippen molar-refractivity contribution in [2.75, 3.05) is 26.2 Å². The number of hydrogen-bond donors (Lipinski definition) is 19. The standard InChI is InChI=1S/C48H81N13O21/c1-21(2)36(45(78)52-18-31(64)51-19-32(65)55-29(48(81)82)13-16-35(70)71)59-40(73)24(6)54-47(80)38(25(7)63)61-46(79)37(22(3)4)60-39(72)23(5)53-44(77)30(20-62)58-42(75)27(10-8-9-17-49)57-43(76)28(12-15-34(68)69)56-41(74)26(50)11-14-33(66)67/h21-30,36-38,62-63H,8-20,49-50H2,1-7H3,(H,51,64)(H,52,78)(H,53,77)(H,54,80)(H,55,65)(H,56,74)(H,57,76)(H,58,75)(H,59,73)(H,60,72)(H,61,79)(H,66,67)(H,68,69)(H,70,71)(H,81,82). The van der Waals surface area contributed by atoms with Crippen molar-refractivity contribution < 1.29 is 103 Å². The second-order valence-electron chi connectivity index (χ2n) is 19.7. The van der Waals surface area contributed by atoms with Crippen molar-refractivity contribution in [2.24, 2.45) is 23.3 Å². The van der Waals surface area contributed by atoms with Crippen LogP contribution in [0, 0.1) is 11.8 Å². The maximum Gasteiger partial charge on any atom is 0.326 e. The van der Waals surface area contributed by atoms with Gasteiger partial charge in [0, 0.05) is 19.3 Å². The summed E-state index contributed by atoms with van der Waals surface area (Å²) < 4.78 is 0. The van der Waals surface area contributed by atoms with E-state index in [1.807, 2.05) is 0 Å². The van der Waals surface area contributed by atoms with Crippen LogP contribution in [0.4, 0.5) is 0 Å². The van der Waals surface area contributed by atoms with Crippen LogP contribution < -0.4 is 70.0 Å². The molecule has 0 spiro atoms. The lowest BCUT2D eigenvalue weighted by atomic mass is 10.0. The van der Waals surface area contributed by atoms with Gasteiger partial charge in [0.2, 0.25) is 65.0 Å². The Balaban J connectivity index is 5.84. The first kappa shape index (κ1) is 73.9. The van der Waals surface area contributed by atoms with Gasteiger partial charge in [-0.3, -0.25) is 67.1 Å². The molecule has 0 saturated heterocycles. The Kier molecular flexibility index (Phi) is 34.0. The van der Waals surface area contributed by atoms with Gasteiger partial charge in [0.1, 0.15) is 54.4 Å². The summed E-state index contributed by atoms with van der Waals surface area (Å²) in [4.78, 5) is 189. The first-order valence-corrected chi connectivity index (χ1v) is 26.1. The van der Waals surface area contributed by atoms with E-state index in [0.717, 1.165) is 6.92 Å². The molecule has 34 heteroatoms. The summed E-state index contributed by atoms with van der Waals surface area (Å²) in [5, 5.41) is 81.9. The number of rotatable bonds is 40. The summed E-state index contributed by atoms with van der Waals surface area (Å²) in [5.41, 5.74) is 11.3. The fourth-order valence-electron chi connectivity index (χ4n) is 7.04. The quantitative estimate of drug-likeness (QED) is 0.0253. The topological polar surface area (TPSA) is 562 Å². The van der Waals surface area contributed by atoms with E-state index in [1.165, 1.54) is 41.5 Å². The van der Waals surface area contributed by atoms with Crippen molar-refractivity contribution >= 4 is 88.9 Å². The molecule has 0 radical (unpaired) electrons. The lowest BCUT2D eigenvalue weighted by Gasteiger charge is -2.29. The highest BCUT2D eigenvalue weighted by Crippen LogP contribution is 2.09. The number of carbonyl (C=O) groups excluding carboxylic acids is 11. The Bertz CT molecular complexity index is 2270. The first-order valence-electron chi connectivity index (χ1n) is 26.1. The molecule has 0 aliphatic carbocycles. The van der Waals surface area contributed by atoms with Crippen LogP contribution in [0.2, 0.25) is 0 Å². The van der Waals surface area contributed by atoms with Crippen molar-refractivity contribution in [1.82, 2.24) is 58.5 Å². The van der Waals surface area contributed by atoms with Crippen LogP contribution in [0.5, 0.6) is 0 Å². The number of aliphatic carboxylic acids is 4. The molecule has 34 nitrogen and oxygen atoms in total. The molecule has 0 aromatic rings. The zero-order valence-corrected chi connectivity index (χ0v) is 46.7. The predicted octanol–water partition coefficient (Wildman–Crippen LogP) is -7.56. The Labute approximate surface area is 471 Å². The number of unbranched alkanes of at least 4 members (excludes halogenated alkanes) is 1. The molecule has 11 unspecified atom stereocenters. The van der Waals surface area contributed by atoms with Crippen molar-refractivity contribution in [2.45, 2.75) is 173 Å². The number of carboxylic acids is 4. The fourth-order valence-corrected chi connectivity index (χ4v) is 7.04. The number of hydrogen-bond acceptors (Lipinski definition) is 19. The SMILES string of the molecule is CC(NC(=O)C(CO)NC(=O)C(CCCCN)NC(=O)C(CCC(=O)O)NC(=O)C(N)CCC(=O)O)C(=O)NC(C(=O)NC(C(=O)NC(C)C(=O)NC(C(=O)NCC(=O)NCC(=O)NC(CCC(=O)O)C(=O)O)C(C)C)C(C)O)C(C)C. The molecule has 0 saturated carbocycles. The van der Waals surface area contributed by atoms with Gasteiger partial charge in [0.25, 0.3) is 0 Å². The van der Waals surface area contributed by atoms with Crippen LogP contribution in [0.1, 0.15) is 106 Å². The van der Waals surface area contributed by atoms with E-state index in [4.69, 9.17) is 21.7 Å². The van der Waals surface area contributed by atoms with Crippen LogP contribution in [0.3, 0.4) is 0 Å². The van der Waals surface area contributed by atoms with E-state index >= 15 is 0 Å². The summed E-state index contributed by atoms with van der Waals surface area (Å²) in [6, 6.07) is -15.2. The van der Waals surface area contributed by atoms with E-state index < -0.39 is 219 Å². The molecule has 11 atom stereocenters. The van der Waals surface area contributed by atoms with Crippen LogP contribution in [-0.4, -0.2) is 212 Å². The number of aliphatic hydroxyl groups excluding tert-OH is 2. The maximum absolute atomic E-state index is 13.6. The molecule has 82 heavy (non-hydrogen) atoms. The summed E-state index contributed by atoms with van der Waals surface area (Å²) >= 11 is 0. The van der Waals surface area contributed by atoms with E-state index in [-0.39, 0.29) is 25.8 Å². The minimum absolute atomic E-state index is 0.114. The molecule has 11 amide bonds. The molecule has 0 aliphatic heterocycles. The number of carbonyl (C=O) groups is 15. The number of aliphatic hydroxyl groups is 2. The summed E-state index contributed by atoms with van der Waals surface area (Å²) in [5.74, 6) is -17.7. The van der Waals surface area contributed by atoms with Gasteiger partial charge < -0.3 is 101 Å². The highest BCUT2D eigenvalue weighted by atomic mass is 16.4. The maximum atomic E-state index is 13.6. The van der Waals surface area contributed by atoms with Crippen molar-refractivity contribution in [3.8, 4) is 0 Å². The van der Waals surface area contributed by atoms with Crippen LogP contribution >= 0.6 is 0 Å². The lowest BCUT2D eigenvalue weighted by molar-refractivity contribution is -0.143. The molecule has 0 fully saturated rings. The summed E-state index contributed by atoms with van der Waals surface area (Å²) in [6.45, 7) is 7.25. The second-order valence-corrected chi connectivity index (χ2v) is 19.7. The highest BCUT2D eigenvalue weighted by Gasteiger charge is 2.36. The first-order chi connectivity index (χ1) is 38.2. The van der Waals surface area contributed by atoms with E-state index in [1.54, 1.807) is 0 Å². The molecule has 21 N–H and O–H groups in total. The van der Waals surface area contributed by atoms with Gasteiger partial charge in [-0.15, -0.1) is 0 Å². The lowest BCUT2D eigenvalue weighted by Crippen LogP contribution is -2.62. The monoisotopic (exact) mass is 1180 g/mol. The van der Waals surface area contributed by atoms with Gasteiger partial charge >= 0.3 is 23.9 Å². The minimum Gasteiger partial charge on any atom is -0.481 e. The van der Waals surface area contributed by atoms with E-state index in [2.05, 4.69) is 58.5 Å². The molecular formula is C48H81N13O21. The smallest absolute Gasteiger partial charge is 0.326 e. The van der Waals surface area contributed by atoms with Gasteiger partial charge in [-0.1, -0.05) is 27.7 Å². The minimum atomic E-state index is -1.77. The molecule has 0 bridgehead atoms. The van der Waals surface area contributed by atoms with Gasteiger partial charge in [-0.2, -0.15) is 0 Å². The van der Waals surface area contributed by atoms with Gasteiger partial charge in [0.15, 0.2) is 0 Å². The fraction of sp³-hybridized carbons (Fsp3) is 0.688. The Morgan fingerprint density at radius 2 is 0.805 bits per heavy atom. The van der Waals surface area contributed by atoms with Crippen LogP contribution in [0.25, 0.3) is 0 Å². The summed E-state index contributed by atoms with van der Waals surface area (Å²) in [7, 11) is 0. The normalized spacial score (nSPS) is 15.0. The van der Waals surface area contributed by atoms with Gasteiger partial charge in [-0.25, -0.2) is 4.79 Å². The average Bonchev–Trinajstić information content (AvgIpc) is 3.41. The van der Waals surface area contributed by atoms with E-state index in [9.17, 15) is 92.3 Å². The average molecular weight is 1180 g/mol. The van der Waals surface area contributed by atoms with E-state index in [0.29, 0.717) is 6.42 Å². The second kappa shape index (κ2) is 37.8. The molecular weight excluding hydrogens is 1090 g/mol. The zero-order chi connectivity index (χ0) is 63.1. The molecule has 0 heterocycles. The number of nitrogens with two attached hydrogens (primary N) is 2. The van der Waals surface area contributed by atoms with Crippen molar-refractivity contribution in [3.05, 3.63) is 0 Å². The van der Waals surface area contributed by atoms with Crippen molar-refractivity contribution in [3.63, 3.8) is 0 Å². The number of amides is 11. The Hall–Kier alpha value is -8.11. The predicted molar refractivity (Wildman–Crippen MR) is 282 cm³/mol. The third-order valence-corrected chi connectivity index (χ3v) is 11.9. The van der Waals surface area contributed by atoms with Crippen molar-refractivity contribution in [1.29, 1.82) is 0 Å². The Morgan fingerprint density at radius 3 is 1.27 bits per heavy atom. The number of carboxylic acid groups (broad SMARTS) is 4. The Morgan fingerprint density at radius 1 is 0.402 bits per heavy atom. The number of nitrogens with one attached hydrogen (secondary N) is 11. The largest absolute Gasteiger partial charge is 0.481 e. The third-order valence-electron chi connectivity index (χ3n) is 11.9. The van der Waals surface area contributed by atoms with Gasteiger partial charge in [0.05, 0.1) is 31.8 Å². The molecule has 0 aromatic carbocycles. The highest BCUT2D eigenvalue weighted by molar-refractivity contribution is 5.99. The molecule has 464 valence electrons. The van der Waals surface area contributed by atoms with Gasteiger partial charge in [-0.05, 0) is 77.7 Å². The van der Waals surface area contributed by atoms with Crippen LogP contribution in [-0.2, 0) is 71.9 Å². The zero-order valence-electron chi connectivity index (χ0n) is 46.7.